The fraction of sp³-hybridized carbons (Fsp3) is 0.280. The Morgan fingerprint density at radius 1 is 0.643 bits per heavy atom. The van der Waals surface area contributed by atoms with Crippen LogP contribution in [0.3, 0.4) is 0 Å². The summed E-state index contributed by atoms with van der Waals surface area (Å²) in [6, 6.07) is 31.8. The first-order valence-corrected chi connectivity index (χ1v) is 11.5. The number of benzene rings is 3. The summed E-state index contributed by atoms with van der Waals surface area (Å²) in [7, 11) is -2.20. The Labute approximate surface area is 169 Å². The highest BCUT2D eigenvalue weighted by molar-refractivity contribution is 7.96. The topological polar surface area (TPSA) is 32.3 Å². The van der Waals surface area contributed by atoms with Gasteiger partial charge >= 0.3 is 0 Å². The first kappa shape index (κ1) is 20.7. The fourth-order valence-corrected chi connectivity index (χ4v) is 8.66. The first-order valence-electron chi connectivity index (χ1n) is 9.68. The molecule has 0 unspecified atom stereocenters. The predicted molar refractivity (Wildman–Crippen MR) is 119 cm³/mol. The first-order chi connectivity index (χ1) is 13.3. The van der Waals surface area contributed by atoms with Crippen LogP contribution in [0.15, 0.2) is 91.0 Å². The van der Waals surface area contributed by atoms with Crippen molar-refractivity contribution in [3.05, 3.63) is 91.0 Å². The van der Waals surface area contributed by atoms with Gasteiger partial charge in [0.15, 0.2) is 5.34 Å². The van der Waals surface area contributed by atoms with Crippen LogP contribution in [0, 0.1) is 0 Å². The van der Waals surface area contributed by atoms with Crippen LogP contribution in [0.1, 0.15) is 27.7 Å². The maximum atomic E-state index is 12.4. The van der Waals surface area contributed by atoms with Gasteiger partial charge in [-0.05, 0) is 36.4 Å². The summed E-state index contributed by atoms with van der Waals surface area (Å²) in [4.78, 5) is 0. The summed E-state index contributed by atoms with van der Waals surface area (Å²) in [6.45, 7) is 7.79. The second-order valence-electron chi connectivity index (χ2n) is 8.17. The molecule has 3 aromatic rings. The van der Waals surface area contributed by atoms with E-state index in [1.807, 2.05) is 18.2 Å². The van der Waals surface area contributed by atoms with Gasteiger partial charge < -0.3 is 9.84 Å². The normalized spacial score (nSPS) is 12.8. The predicted octanol–water partition coefficient (Wildman–Crippen LogP) is 3.87. The largest absolute Gasteiger partial charge is 0.848 e. The Bertz CT molecular complexity index is 772. The maximum absolute atomic E-state index is 12.4. The van der Waals surface area contributed by atoms with Crippen LogP contribution in [0.2, 0.25) is 0 Å². The Balaban J connectivity index is 2.31. The highest BCUT2D eigenvalue weighted by Gasteiger charge is 2.58. The number of rotatable bonds is 7. The Kier molecular flexibility index (Phi) is 6.05. The van der Waals surface area contributed by atoms with Crippen molar-refractivity contribution in [2.24, 2.45) is 0 Å². The van der Waals surface area contributed by atoms with Crippen LogP contribution in [-0.4, -0.2) is 17.6 Å². The van der Waals surface area contributed by atoms with E-state index < -0.39 is 18.2 Å². The monoisotopic (exact) mass is 392 g/mol. The Hall–Kier alpha value is -1.99. The molecule has 0 aliphatic heterocycles. The molecule has 0 radical (unpaired) electrons. The molecule has 0 heterocycles. The van der Waals surface area contributed by atoms with E-state index >= 15 is 0 Å². The molecule has 0 aromatic heterocycles. The van der Waals surface area contributed by atoms with E-state index in [2.05, 4.69) is 86.6 Å². The summed E-state index contributed by atoms with van der Waals surface area (Å²) >= 11 is 0. The van der Waals surface area contributed by atoms with E-state index in [1.54, 1.807) is 13.8 Å². The van der Waals surface area contributed by atoms with Gasteiger partial charge in [0, 0.05) is 20.5 Å². The summed E-state index contributed by atoms with van der Waals surface area (Å²) in [5.74, 6) is 0. The minimum atomic E-state index is -2.20. The lowest BCUT2D eigenvalue weighted by Gasteiger charge is -2.43. The van der Waals surface area contributed by atoms with E-state index in [4.69, 9.17) is 4.74 Å². The average molecular weight is 392 g/mol. The minimum Gasteiger partial charge on any atom is -0.848 e. The van der Waals surface area contributed by atoms with E-state index in [9.17, 15) is 5.11 Å². The third-order valence-corrected chi connectivity index (χ3v) is 9.97. The molecular formula is C25H29O2P. The van der Waals surface area contributed by atoms with Crippen molar-refractivity contribution < 1.29 is 9.84 Å². The third-order valence-electron chi connectivity index (χ3n) is 5.01. The highest BCUT2D eigenvalue weighted by Crippen LogP contribution is 2.66. The molecule has 0 aliphatic rings. The smallest absolute Gasteiger partial charge is 0.185 e. The molecule has 0 N–H and O–H groups in total. The van der Waals surface area contributed by atoms with Crippen LogP contribution in [-0.2, 0) is 4.74 Å². The molecule has 3 heteroatoms. The summed E-state index contributed by atoms with van der Waals surface area (Å²) in [6.07, 6.45) is 0. The van der Waals surface area contributed by atoms with Gasteiger partial charge in [-0.15, -0.1) is 0 Å². The molecule has 0 fully saturated rings. The summed E-state index contributed by atoms with van der Waals surface area (Å²) in [5, 5.41) is 15.6. The molecule has 0 saturated carbocycles. The Morgan fingerprint density at radius 2 is 0.964 bits per heavy atom. The molecule has 2 nitrogen and oxygen atoms in total. The highest BCUT2D eigenvalue weighted by atomic mass is 31.2. The molecule has 28 heavy (non-hydrogen) atoms. The second-order valence-corrected chi connectivity index (χ2v) is 12.1. The van der Waals surface area contributed by atoms with Crippen molar-refractivity contribution in [1.82, 2.24) is 0 Å². The Morgan fingerprint density at radius 3 is 1.25 bits per heavy atom. The van der Waals surface area contributed by atoms with Crippen LogP contribution < -0.4 is 21.0 Å². The van der Waals surface area contributed by atoms with Gasteiger partial charge in [-0.2, -0.15) is 0 Å². The van der Waals surface area contributed by atoms with E-state index in [1.165, 1.54) is 15.9 Å². The van der Waals surface area contributed by atoms with E-state index in [0.717, 1.165) is 0 Å². The quantitative estimate of drug-likeness (QED) is 0.572. The van der Waals surface area contributed by atoms with Crippen molar-refractivity contribution in [1.29, 1.82) is 0 Å². The average Bonchev–Trinajstić information content (AvgIpc) is 2.69. The van der Waals surface area contributed by atoms with Crippen molar-refractivity contribution in [2.75, 3.05) is 6.61 Å². The van der Waals surface area contributed by atoms with Crippen molar-refractivity contribution in [2.45, 2.75) is 38.6 Å². The van der Waals surface area contributed by atoms with Gasteiger partial charge in [0.25, 0.3) is 0 Å². The van der Waals surface area contributed by atoms with Crippen molar-refractivity contribution in [3.8, 4) is 0 Å². The summed E-state index contributed by atoms with van der Waals surface area (Å²) in [5.41, 5.74) is -1.14. The number of hydrogen-bond donors (Lipinski definition) is 0. The van der Waals surface area contributed by atoms with E-state index in [-0.39, 0.29) is 6.61 Å². The molecule has 0 amide bonds. The molecule has 0 saturated heterocycles. The van der Waals surface area contributed by atoms with Crippen molar-refractivity contribution in [3.63, 3.8) is 0 Å². The molecule has 0 bridgehead atoms. The fourth-order valence-electron chi connectivity index (χ4n) is 3.78. The van der Waals surface area contributed by atoms with Gasteiger partial charge in [0.1, 0.15) is 23.2 Å². The lowest BCUT2D eigenvalue weighted by atomic mass is 10.2. The summed E-state index contributed by atoms with van der Waals surface area (Å²) < 4.78 is 6.46. The third kappa shape index (κ3) is 4.05. The van der Waals surface area contributed by atoms with Gasteiger partial charge in [-0.3, -0.25) is 0 Å². The molecule has 0 spiro atoms. The standard InChI is InChI=1S/C25H29O2P/c1-24(2,26)20-27-25(3,4)28(21-14-8-5-9-15-21,22-16-10-6-11-17-22)23-18-12-7-13-19-23/h5-19H,20H2,1-4H3. The van der Waals surface area contributed by atoms with Crippen LogP contribution in [0.25, 0.3) is 0 Å². The van der Waals surface area contributed by atoms with Gasteiger partial charge in [0.2, 0.25) is 0 Å². The van der Waals surface area contributed by atoms with Crippen LogP contribution in [0.4, 0.5) is 0 Å². The lowest BCUT2D eigenvalue weighted by Crippen LogP contribution is -2.50. The SMILES string of the molecule is CC(C)([O-])COC(C)(C)[P+](c1ccccc1)(c1ccccc1)c1ccccc1. The zero-order valence-electron chi connectivity index (χ0n) is 17.1. The molecule has 0 aliphatic carbocycles. The van der Waals surface area contributed by atoms with E-state index in [0.29, 0.717) is 0 Å². The van der Waals surface area contributed by atoms with Crippen LogP contribution in [0.5, 0.6) is 0 Å². The molecule has 3 rings (SSSR count). The number of hydrogen-bond acceptors (Lipinski definition) is 2. The zero-order valence-corrected chi connectivity index (χ0v) is 18.0. The maximum Gasteiger partial charge on any atom is 0.185 e. The molecule has 146 valence electrons. The van der Waals surface area contributed by atoms with Gasteiger partial charge in [-0.1, -0.05) is 74.0 Å². The van der Waals surface area contributed by atoms with Gasteiger partial charge in [0.05, 0.1) is 0 Å². The van der Waals surface area contributed by atoms with Crippen LogP contribution >= 0.6 is 7.26 Å². The second kappa shape index (κ2) is 8.17. The van der Waals surface area contributed by atoms with Gasteiger partial charge in [-0.25, -0.2) is 0 Å². The zero-order chi connectivity index (χ0) is 20.3. The molecule has 3 aromatic carbocycles. The number of ether oxygens (including phenoxy) is 1. The van der Waals surface area contributed by atoms with Crippen molar-refractivity contribution >= 4 is 23.2 Å². The minimum absolute atomic E-state index is 0.161. The molecule has 0 atom stereocenters. The lowest BCUT2D eigenvalue weighted by molar-refractivity contribution is -0.474. The molecular weight excluding hydrogens is 363 g/mol.